The first-order valence-corrected chi connectivity index (χ1v) is 20.9. The molecular formula is C51H54O7. The standard InChI is InChI=1S/C51H54O7/c1-30(2)40-22-17-32-15-18-35(19-16-32)41-23-20-37(36-14-10-13-34(26-36)25-33-11-8-7-9-12-33)27-39(41)29-44(52)55-47-45-43(58-51(5,6)48(47)57-49(40)53)24-21-38-28-42(31(3)4)50(54)56-46(38)45/h7-16,18-19,21,24,26,28,31,37,39,41,47-48H,17,20,22-23,25,27,29H2,1-6H3/t37-,39+,41+,47+,48+/m1/s1. The molecule has 4 aliphatic rings. The Bertz CT molecular complexity index is 2420. The van der Waals surface area contributed by atoms with E-state index in [1.807, 2.05) is 65.8 Å². The number of esters is 2. The Kier molecular flexibility index (Phi) is 10.9. The van der Waals surface area contributed by atoms with Gasteiger partial charge in [-0.1, -0.05) is 98.3 Å². The van der Waals surface area contributed by atoms with E-state index in [2.05, 4.69) is 72.8 Å². The molecule has 5 aromatic rings. The van der Waals surface area contributed by atoms with Crippen molar-refractivity contribution in [3.8, 4) is 5.75 Å². The number of ether oxygens (including phenoxy) is 3. The zero-order valence-electron chi connectivity index (χ0n) is 34.5. The lowest BCUT2D eigenvalue weighted by Gasteiger charge is -2.43. The topological polar surface area (TPSA) is 92.0 Å². The van der Waals surface area contributed by atoms with Gasteiger partial charge in [0.2, 0.25) is 0 Å². The van der Waals surface area contributed by atoms with E-state index in [1.54, 1.807) is 0 Å². The van der Waals surface area contributed by atoms with Gasteiger partial charge in [-0.2, -0.15) is 0 Å². The molecular weight excluding hydrogens is 725 g/mol. The summed E-state index contributed by atoms with van der Waals surface area (Å²) in [7, 11) is 0. The van der Waals surface area contributed by atoms with Crippen LogP contribution in [0.2, 0.25) is 0 Å². The Morgan fingerprint density at radius 1 is 0.793 bits per heavy atom. The summed E-state index contributed by atoms with van der Waals surface area (Å²) in [5.74, 6) is -0.0827. The highest BCUT2D eigenvalue weighted by Crippen LogP contribution is 2.49. The van der Waals surface area contributed by atoms with E-state index >= 15 is 0 Å². The van der Waals surface area contributed by atoms with Crippen molar-refractivity contribution < 1.29 is 28.2 Å². The molecule has 1 fully saturated rings. The highest BCUT2D eigenvalue weighted by molar-refractivity contribution is 5.90. The number of allylic oxidation sites excluding steroid dienone is 1. The van der Waals surface area contributed by atoms with Gasteiger partial charge < -0.3 is 18.6 Å². The lowest BCUT2D eigenvalue weighted by Crippen LogP contribution is -2.52. The first-order chi connectivity index (χ1) is 27.8. The van der Waals surface area contributed by atoms with Gasteiger partial charge in [-0.3, -0.25) is 4.79 Å². The molecule has 0 N–H and O–H groups in total. The van der Waals surface area contributed by atoms with Gasteiger partial charge in [0.25, 0.3) is 0 Å². The number of aryl methyl sites for hydroxylation is 1. The molecule has 9 rings (SSSR count). The van der Waals surface area contributed by atoms with E-state index in [1.165, 1.54) is 22.3 Å². The van der Waals surface area contributed by atoms with Crippen LogP contribution in [0.3, 0.4) is 0 Å². The molecule has 5 atom stereocenters. The molecule has 2 bridgehead atoms. The van der Waals surface area contributed by atoms with Crippen LogP contribution in [0.1, 0.15) is 136 Å². The molecule has 1 aromatic heterocycles. The lowest BCUT2D eigenvalue weighted by atomic mass is 9.68. The molecule has 7 nitrogen and oxygen atoms in total. The van der Waals surface area contributed by atoms with Crippen molar-refractivity contribution in [1.82, 2.24) is 0 Å². The van der Waals surface area contributed by atoms with Crippen LogP contribution in [-0.4, -0.2) is 23.6 Å². The minimum Gasteiger partial charge on any atom is -0.483 e. The van der Waals surface area contributed by atoms with Crippen LogP contribution in [0.25, 0.3) is 11.0 Å². The van der Waals surface area contributed by atoms with Crippen LogP contribution >= 0.6 is 0 Å². The summed E-state index contributed by atoms with van der Waals surface area (Å²) < 4.78 is 25.7. The highest BCUT2D eigenvalue weighted by atomic mass is 16.6. The molecule has 4 heterocycles. The molecule has 0 amide bonds. The molecule has 3 aliphatic heterocycles. The summed E-state index contributed by atoms with van der Waals surface area (Å²) in [6.07, 6.45) is 2.84. The average molecular weight is 779 g/mol. The van der Waals surface area contributed by atoms with Crippen LogP contribution in [0.15, 0.2) is 117 Å². The third-order valence-corrected chi connectivity index (χ3v) is 12.7. The number of rotatable bonds is 4. The smallest absolute Gasteiger partial charge is 0.339 e. The maximum absolute atomic E-state index is 14.7. The maximum atomic E-state index is 14.7. The predicted molar refractivity (Wildman–Crippen MR) is 226 cm³/mol. The Balaban J connectivity index is 1.19. The Morgan fingerprint density at radius 3 is 2.29 bits per heavy atom. The summed E-state index contributed by atoms with van der Waals surface area (Å²) >= 11 is 0. The fraction of sp³-hybridized carbons (Fsp3) is 0.392. The Labute approximate surface area is 341 Å². The third kappa shape index (κ3) is 8.01. The minimum atomic E-state index is -1.10. The van der Waals surface area contributed by atoms with Gasteiger partial charge >= 0.3 is 17.6 Å². The number of hydrogen-bond acceptors (Lipinski definition) is 7. The number of hydrogen-bond donors (Lipinski definition) is 0. The van der Waals surface area contributed by atoms with E-state index in [0.717, 1.165) is 36.8 Å². The fourth-order valence-electron chi connectivity index (χ4n) is 9.51. The molecule has 1 saturated carbocycles. The number of carbonyl (C=O) groups excluding carboxylic acids is 2. The zero-order chi connectivity index (χ0) is 40.7. The molecule has 58 heavy (non-hydrogen) atoms. The molecule has 4 aromatic carbocycles. The van der Waals surface area contributed by atoms with Crippen molar-refractivity contribution in [1.29, 1.82) is 0 Å². The monoisotopic (exact) mass is 778 g/mol. The van der Waals surface area contributed by atoms with Crippen molar-refractivity contribution >= 4 is 22.9 Å². The van der Waals surface area contributed by atoms with Crippen LogP contribution < -0.4 is 10.4 Å². The molecule has 0 saturated heterocycles. The van der Waals surface area contributed by atoms with E-state index in [9.17, 15) is 14.4 Å². The average Bonchev–Trinajstić information content (AvgIpc) is 3.19. The summed E-state index contributed by atoms with van der Waals surface area (Å²) in [5.41, 5.74) is 7.28. The van der Waals surface area contributed by atoms with Gasteiger partial charge in [0.05, 0.1) is 5.56 Å². The van der Waals surface area contributed by atoms with Gasteiger partial charge in [0.1, 0.15) is 16.9 Å². The van der Waals surface area contributed by atoms with Crippen molar-refractivity contribution in [3.05, 3.63) is 158 Å². The van der Waals surface area contributed by atoms with Gasteiger partial charge in [0, 0.05) is 22.9 Å². The van der Waals surface area contributed by atoms with Crippen LogP contribution in [0.4, 0.5) is 0 Å². The summed E-state index contributed by atoms with van der Waals surface area (Å²) in [5, 5.41) is 0.677. The van der Waals surface area contributed by atoms with Crippen molar-refractivity contribution in [2.75, 3.05) is 0 Å². The first kappa shape index (κ1) is 39.4. The normalized spacial score (nSPS) is 23.3. The van der Waals surface area contributed by atoms with E-state index in [0.29, 0.717) is 40.7 Å². The van der Waals surface area contributed by atoms with Gasteiger partial charge in [-0.15, -0.1) is 0 Å². The quantitative estimate of drug-likeness (QED) is 0.102. The van der Waals surface area contributed by atoms with Crippen molar-refractivity contribution in [2.24, 2.45) is 5.92 Å². The van der Waals surface area contributed by atoms with Crippen LogP contribution in [0, 0.1) is 5.92 Å². The lowest BCUT2D eigenvalue weighted by molar-refractivity contribution is -0.188. The highest BCUT2D eigenvalue weighted by Gasteiger charge is 2.51. The minimum absolute atomic E-state index is 0.00701. The zero-order valence-corrected chi connectivity index (χ0v) is 34.5. The van der Waals surface area contributed by atoms with Crippen LogP contribution in [-0.2, 0) is 31.9 Å². The SMILES string of the molecule is CC(C)=C1CCc2ccc(cc2)[C@@H]2CC[C@@H](c3cccc(Cc4ccccc4)c3)C[C@H]2CC(=O)O[C@H]2c3c(ccc4cc(C(C)C)c(=O)oc34)OC(C)(C)[C@H]2OC1=O. The molecule has 1 aliphatic carbocycles. The summed E-state index contributed by atoms with van der Waals surface area (Å²) in [6.45, 7) is 11.4. The number of carbonyl (C=O) groups is 2. The fourth-order valence-corrected chi connectivity index (χ4v) is 9.51. The van der Waals surface area contributed by atoms with Crippen LogP contribution in [0.5, 0.6) is 5.75 Å². The van der Waals surface area contributed by atoms with E-state index < -0.39 is 35.4 Å². The largest absolute Gasteiger partial charge is 0.483 e. The van der Waals surface area contributed by atoms with E-state index in [-0.39, 0.29) is 35.7 Å². The Morgan fingerprint density at radius 2 is 1.55 bits per heavy atom. The molecule has 0 radical (unpaired) electrons. The second-order valence-electron chi connectivity index (χ2n) is 17.7. The first-order valence-electron chi connectivity index (χ1n) is 20.9. The molecule has 300 valence electrons. The van der Waals surface area contributed by atoms with Gasteiger partial charge in [-0.05, 0) is 136 Å². The molecule has 0 spiro atoms. The third-order valence-electron chi connectivity index (χ3n) is 12.7. The molecule has 0 unspecified atom stereocenters. The molecule has 7 heteroatoms. The predicted octanol–water partition coefficient (Wildman–Crippen LogP) is 11.2. The van der Waals surface area contributed by atoms with Gasteiger partial charge in [-0.25, -0.2) is 9.59 Å². The second-order valence-corrected chi connectivity index (χ2v) is 17.7. The summed E-state index contributed by atoms with van der Waals surface area (Å²) in [6, 6.07) is 33.7. The number of fused-ring (bicyclic) bond motifs is 11. The van der Waals surface area contributed by atoms with Crippen molar-refractivity contribution in [3.63, 3.8) is 0 Å². The summed E-state index contributed by atoms with van der Waals surface area (Å²) in [4.78, 5) is 42.2. The second kappa shape index (κ2) is 16.1. The maximum Gasteiger partial charge on any atom is 0.339 e. The Hall–Kier alpha value is -5.43. The number of benzene rings is 4. The van der Waals surface area contributed by atoms with Crippen molar-refractivity contribution in [2.45, 2.75) is 122 Å². The van der Waals surface area contributed by atoms with Gasteiger partial charge in [0.15, 0.2) is 12.2 Å². The van der Waals surface area contributed by atoms with E-state index in [4.69, 9.17) is 18.6 Å².